The molecular weight excluding hydrogens is 272 g/mol. The van der Waals surface area contributed by atoms with Crippen LogP contribution in [0, 0.1) is 6.92 Å². The number of rotatable bonds is 3. The van der Waals surface area contributed by atoms with Crippen molar-refractivity contribution in [3.05, 3.63) is 41.2 Å². The average Bonchev–Trinajstić information content (AvgIpc) is 2.98. The second kappa shape index (κ2) is 5.67. The third-order valence-corrected chi connectivity index (χ3v) is 4.02. The molecule has 4 nitrogen and oxygen atoms in total. The number of anilines is 3. The Bertz CT molecular complexity index is 609. The van der Waals surface area contributed by atoms with E-state index in [1.165, 1.54) is 12.8 Å². The topological polar surface area (TPSA) is 41.0 Å². The van der Waals surface area contributed by atoms with E-state index in [0.29, 0.717) is 0 Å². The minimum absolute atomic E-state index is 0.754. The fraction of sp³-hybridized carbons (Fsp3) is 0.333. The van der Waals surface area contributed by atoms with Crippen molar-refractivity contribution in [3.8, 4) is 0 Å². The Labute approximate surface area is 123 Å². The van der Waals surface area contributed by atoms with Gasteiger partial charge in [0.2, 0.25) is 0 Å². The van der Waals surface area contributed by atoms with Crippen LogP contribution in [0.2, 0.25) is 5.02 Å². The molecule has 1 aliphatic rings. The first-order chi connectivity index (χ1) is 9.74. The highest BCUT2D eigenvalue weighted by atomic mass is 35.5. The van der Waals surface area contributed by atoms with Crippen molar-refractivity contribution in [3.63, 3.8) is 0 Å². The van der Waals surface area contributed by atoms with E-state index < -0.39 is 0 Å². The second-order valence-electron chi connectivity index (χ2n) is 4.99. The molecule has 2 heterocycles. The molecule has 20 heavy (non-hydrogen) atoms. The van der Waals surface area contributed by atoms with Crippen LogP contribution >= 0.6 is 11.6 Å². The molecule has 0 aliphatic carbocycles. The Morgan fingerprint density at radius 1 is 1.20 bits per heavy atom. The van der Waals surface area contributed by atoms with Gasteiger partial charge in [0.1, 0.15) is 18.0 Å². The molecule has 1 aromatic heterocycles. The Morgan fingerprint density at radius 2 is 2.00 bits per heavy atom. The van der Waals surface area contributed by atoms with Crippen LogP contribution < -0.4 is 10.2 Å². The fourth-order valence-corrected chi connectivity index (χ4v) is 2.59. The first-order valence-corrected chi connectivity index (χ1v) is 7.21. The largest absolute Gasteiger partial charge is 0.356 e. The van der Waals surface area contributed by atoms with Gasteiger partial charge < -0.3 is 10.2 Å². The highest BCUT2D eigenvalue weighted by Crippen LogP contribution is 2.26. The van der Waals surface area contributed by atoms with Crippen molar-refractivity contribution in [2.45, 2.75) is 19.8 Å². The molecule has 1 saturated heterocycles. The number of benzene rings is 1. The van der Waals surface area contributed by atoms with Gasteiger partial charge in [-0.05, 0) is 37.5 Å². The van der Waals surface area contributed by atoms with E-state index in [0.717, 1.165) is 41.0 Å². The second-order valence-corrected chi connectivity index (χ2v) is 5.40. The summed E-state index contributed by atoms with van der Waals surface area (Å²) in [7, 11) is 0. The normalized spacial score (nSPS) is 14.6. The zero-order valence-electron chi connectivity index (χ0n) is 11.4. The van der Waals surface area contributed by atoms with Crippen molar-refractivity contribution >= 4 is 28.9 Å². The Kier molecular flexibility index (Phi) is 3.74. The molecule has 1 aliphatic heterocycles. The molecule has 5 heteroatoms. The number of hydrogen-bond donors (Lipinski definition) is 1. The van der Waals surface area contributed by atoms with Crippen LogP contribution in [0.15, 0.2) is 30.6 Å². The highest BCUT2D eigenvalue weighted by molar-refractivity contribution is 6.31. The van der Waals surface area contributed by atoms with Crippen molar-refractivity contribution in [1.29, 1.82) is 0 Å². The molecule has 0 saturated carbocycles. The quantitative estimate of drug-likeness (QED) is 0.933. The van der Waals surface area contributed by atoms with Crippen LogP contribution in [0.1, 0.15) is 18.4 Å². The van der Waals surface area contributed by atoms with Crippen molar-refractivity contribution in [2.75, 3.05) is 23.3 Å². The van der Waals surface area contributed by atoms with Gasteiger partial charge in [-0.1, -0.05) is 17.7 Å². The van der Waals surface area contributed by atoms with Gasteiger partial charge in [0.15, 0.2) is 0 Å². The van der Waals surface area contributed by atoms with E-state index in [-0.39, 0.29) is 0 Å². The van der Waals surface area contributed by atoms with Gasteiger partial charge in [0.05, 0.1) is 0 Å². The number of nitrogens with zero attached hydrogens (tertiary/aromatic N) is 3. The molecule has 3 rings (SSSR count). The van der Waals surface area contributed by atoms with Gasteiger partial charge in [-0.25, -0.2) is 9.97 Å². The summed E-state index contributed by atoms with van der Waals surface area (Å²) in [6, 6.07) is 7.81. The molecule has 0 bridgehead atoms. The van der Waals surface area contributed by atoms with Crippen LogP contribution in [0.4, 0.5) is 17.3 Å². The molecule has 0 spiro atoms. The van der Waals surface area contributed by atoms with E-state index in [4.69, 9.17) is 11.6 Å². The first-order valence-electron chi connectivity index (χ1n) is 6.83. The number of halogens is 1. The lowest BCUT2D eigenvalue weighted by molar-refractivity contribution is 0.928. The lowest BCUT2D eigenvalue weighted by Gasteiger charge is -2.17. The average molecular weight is 289 g/mol. The van der Waals surface area contributed by atoms with E-state index in [1.807, 2.05) is 31.2 Å². The van der Waals surface area contributed by atoms with E-state index >= 15 is 0 Å². The van der Waals surface area contributed by atoms with E-state index in [9.17, 15) is 0 Å². The van der Waals surface area contributed by atoms with Gasteiger partial charge in [0, 0.05) is 29.9 Å². The van der Waals surface area contributed by atoms with Crippen molar-refractivity contribution in [1.82, 2.24) is 9.97 Å². The van der Waals surface area contributed by atoms with Gasteiger partial charge in [-0.15, -0.1) is 0 Å². The van der Waals surface area contributed by atoms with Crippen molar-refractivity contribution in [2.24, 2.45) is 0 Å². The maximum Gasteiger partial charge on any atom is 0.135 e. The number of hydrogen-bond acceptors (Lipinski definition) is 4. The van der Waals surface area contributed by atoms with E-state index in [2.05, 4.69) is 20.2 Å². The zero-order valence-corrected chi connectivity index (χ0v) is 12.2. The summed E-state index contributed by atoms with van der Waals surface area (Å²) in [6.45, 7) is 4.15. The SMILES string of the molecule is Cc1c(Cl)cccc1Nc1cc(N2CCCC2)ncn1. The van der Waals surface area contributed by atoms with E-state index in [1.54, 1.807) is 6.33 Å². The summed E-state index contributed by atoms with van der Waals surface area (Å²) < 4.78 is 0. The number of nitrogens with one attached hydrogen (secondary N) is 1. The lowest BCUT2D eigenvalue weighted by Crippen LogP contribution is -2.19. The van der Waals surface area contributed by atoms with Crippen molar-refractivity contribution < 1.29 is 0 Å². The minimum atomic E-state index is 0.754. The van der Waals surface area contributed by atoms with Gasteiger partial charge in [-0.3, -0.25) is 0 Å². The van der Waals surface area contributed by atoms with Crippen LogP contribution in [-0.4, -0.2) is 23.1 Å². The van der Waals surface area contributed by atoms with Crippen LogP contribution in [0.3, 0.4) is 0 Å². The lowest BCUT2D eigenvalue weighted by atomic mass is 10.2. The first kappa shape index (κ1) is 13.2. The van der Waals surface area contributed by atoms with Gasteiger partial charge >= 0.3 is 0 Å². The van der Waals surface area contributed by atoms with Crippen LogP contribution in [0.5, 0.6) is 0 Å². The summed E-state index contributed by atoms with van der Waals surface area (Å²) in [6.07, 6.45) is 4.08. The maximum absolute atomic E-state index is 6.13. The van der Waals surface area contributed by atoms with Crippen LogP contribution in [-0.2, 0) is 0 Å². The predicted octanol–water partition coefficient (Wildman–Crippen LogP) is 3.78. The third-order valence-electron chi connectivity index (χ3n) is 3.61. The molecule has 0 radical (unpaired) electrons. The molecule has 1 fully saturated rings. The Morgan fingerprint density at radius 3 is 2.80 bits per heavy atom. The molecule has 1 aromatic carbocycles. The summed E-state index contributed by atoms with van der Waals surface area (Å²) in [4.78, 5) is 10.9. The predicted molar refractivity (Wildman–Crippen MR) is 83.0 cm³/mol. The van der Waals surface area contributed by atoms with Crippen LogP contribution in [0.25, 0.3) is 0 Å². The molecule has 0 atom stereocenters. The molecular formula is C15H17ClN4. The zero-order chi connectivity index (χ0) is 13.9. The molecule has 104 valence electrons. The molecule has 0 amide bonds. The van der Waals surface area contributed by atoms with Gasteiger partial charge in [-0.2, -0.15) is 0 Å². The summed E-state index contributed by atoms with van der Waals surface area (Å²) in [5.74, 6) is 1.78. The Hall–Kier alpha value is -1.81. The summed E-state index contributed by atoms with van der Waals surface area (Å²) in [5, 5.41) is 4.07. The summed E-state index contributed by atoms with van der Waals surface area (Å²) >= 11 is 6.13. The molecule has 0 unspecified atom stereocenters. The standard InChI is InChI=1S/C15H17ClN4/c1-11-12(16)5-4-6-13(11)19-14-9-15(18-10-17-14)20-7-2-3-8-20/h4-6,9-10H,2-3,7-8H2,1H3,(H,17,18,19). The maximum atomic E-state index is 6.13. The minimum Gasteiger partial charge on any atom is -0.356 e. The Balaban J connectivity index is 1.83. The monoisotopic (exact) mass is 288 g/mol. The smallest absolute Gasteiger partial charge is 0.135 e. The number of aromatic nitrogens is 2. The molecule has 2 aromatic rings. The molecule has 1 N–H and O–H groups in total. The fourth-order valence-electron chi connectivity index (χ4n) is 2.42. The highest BCUT2D eigenvalue weighted by Gasteiger charge is 2.14. The third kappa shape index (κ3) is 2.70. The summed E-state index contributed by atoms with van der Waals surface area (Å²) in [5.41, 5.74) is 2.00. The van der Waals surface area contributed by atoms with Gasteiger partial charge in [0.25, 0.3) is 0 Å².